The summed E-state index contributed by atoms with van der Waals surface area (Å²) in [7, 11) is 0. The van der Waals surface area contributed by atoms with E-state index in [2.05, 4.69) is 0 Å². The second-order valence-electron chi connectivity index (χ2n) is 5.63. The zero-order chi connectivity index (χ0) is 17.4. The maximum atomic E-state index is 12.8. The Bertz CT molecular complexity index is 847. The zero-order valence-corrected chi connectivity index (χ0v) is 13.9. The van der Waals surface area contributed by atoms with Crippen LogP contribution in [-0.2, 0) is 0 Å². The Kier molecular flexibility index (Phi) is 4.34. The molecule has 6 heteroatoms. The monoisotopic (exact) mass is 343 g/mol. The Morgan fingerprint density at radius 3 is 2.29 bits per heavy atom. The van der Waals surface area contributed by atoms with E-state index in [-0.39, 0.29) is 39.5 Å². The van der Waals surface area contributed by atoms with Crippen LogP contribution in [0.1, 0.15) is 45.2 Å². The number of phenols is 1. The lowest BCUT2D eigenvalue weighted by Gasteiger charge is -2.21. The van der Waals surface area contributed by atoms with Gasteiger partial charge in [0.1, 0.15) is 5.75 Å². The minimum absolute atomic E-state index is 0.0448. The molecule has 3 rings (SSSR count). The number of nitrogen functional groups attached to an aromatic ring is 1. The third kappa shape index (κ3) is 2.57. The fourth-order valence-corrected chi connectivity index (χ4v) is 3.76. The summed E-state index contributed by atoms with van der Waals surface area (Å²) in [4.78, 5) is 25.9. The highest BCUT2D eigenvalue weighted by Crippen LogP contribution is 2.41. The van der Waals surface area contributed by atoms with Crippen LogP contribution in [0.3, 0.4) is 0 Å². The van der Waals surface area contributed by atoms with Crippen LogP contribution < -0.4 is 5.73 Å². The van der Waals surface area contributed by atoms with Crippen LogP contribution in [0.5, 0.6) is 5.75 Å². The van der Waals surface area contributed by atoms with Crippen molar-refractivity contribution in [2.75, 3.05) is 11.5 Å². The van der Waals surface area contributed by atoms with Gasteiger partial charge in [0.2, 0.25) is 0 Å². The Balaban J connectivity index is 2.12. The topological polar surface area (TPSA) is 101 Å². The summed E-state index contributed by atoms with van der Waals surface area (Å²) in [6, 6.07) is 7.89. The summed E-state index contributed by atoms with van der Waals surface area (Å²) in [5.41, 5.74) is 6.86. The van der Waals surface area contributed by atoms with Crippen LogP contribution in [-0.4, -0.2) is 33.6 Å². The predicted octanol–water partition coefficient (Wildman–Crippen LogP) is 2.61. The van der Waals surface area contributed by atoms with Gasteiger partial charge in [-0.3, -0.25) is 9.59 Å². The summed E-state index contributed by atoms with van der Waals surface area (Å²) in [5, 5.41) is 20.0. The van der Waals surface area contributed by atoms with Gasteiger partial charge in [0, 0.05) is 21.8 Å². The number of anilines is 1. The summed E-state index contributed by atoms with van der Waals surface area (Å²) >= 11 is 1.25. The number of aliphatic hydroxyl groups is 1. The molecule has 0 bridgehead atoms. The minimum Gasteiger partial charge on any atom is -0.507 e. The number of rotatable bonds is 4. The first-order valence-corrected chi connectivity index (χ1v) is 8.59. The van der Waals surface area contributed by atoms with Crippen molar-refractivity contribution in [2.45, 2.75) is 24.3 Å². The number of carbonyl (C=O) groups is 2. The van der Waals surface area contributed by atoms with E-state index < -0.39 is 11.9 Å². The van der Waals surface area contributed by atoms with Crippen molar-refractivity contribution in [3.8, 4) is 5.75 Å². The number of ketones is 2. The Morgan fingerprint density at radius 1 is 1.12 bits per heavy atom. The fraction of sp³-hybridized carbons (Fsp3) is 0.222. The summed E-state index contributed by atoms with van der Waals surface area (Å²) in [6.07, 6.45) is 0.0832. The zero-order valence-electron chi connectivity index (χ0n) is 13.1. The summed E-state index contributed by atoms with van der Waals surface area (Å²) in [6.45, 7) is 1.86. The van der Waals surface area contributed by atoms with E-state index in [1.165, 1.54) is 17.8 Å². The summed E-state index contributed by atoms with van der Waals surface area (Å²) in [5.74, 6) is -0.654. The number of thioether (sulfide) groups is 1. The standard InChI is InChI=1S/C18H17NO4S/c1-2-9(20)8-24-13-7-12(21)14-15(16(13)19)18(23)11-6-4-3-5-10(11)17(14)22/h3-7,9,20-21H,2,8,19H2,1H3. The largest absolute Gasteiger partial charge is 0.507 e. The van der Waals surface area contributed by atoms with Crippen molar-refractivity contribution in [3.63, 3.8) is 0 Å². The SMILES string of the molecule is CCC(O)CSc1cc(O)c2c(c1N)C(=O)c1ccccc1C2=O. The third-order valence-corrected chi connectivity index (χ3v) is 5.28. The van der Waals surface area contributed by atoms with Crippen LogP contribution in [0.2, 0.25) is 0 Å². The van der Waals surface area contributed by atoms with Crippen molar-refractivity contribution in [3.05, 3.63) is 52.6 Å². The van der Waals surface area contributed by atoms with Gasteiger partial charge in [0.25, 0.3) is 0 Å². The van der Waals surface area contributed by atoms with Crippen molar-refractivity contribution >= 4 is 29.0 Å². The second kappa shape index (κ2) is 6.30. The summed E-state index contributed by atoms with van der Waals surface area (Å²) < 4.78 is 0. The number of benzene rings is 2. The molecule has 1 aliphatic carbocycles. The lowest BCUT2D eigenvalue weighted by Crippen LogP contribution is -2.23. The maximum absolute atomic E-state index is 12.8. The van der Waals surface area contributed by atoms with Gasteiger partial charge < -0.3 is 15.9 Å². The number of hydrogen-bond acceptors (Lipinski definition) is 6. The Labute approximate surface area is 143 Å². The van der Waals surface area contributed by atoms with Gasteiger partial charge in [-0.05, 0) is 12.5 Å². The minimum atomic E-state index is -0.509. The molecule has 2 aromatic carbocycles. The van der Waals surface area contributed by atoms with E-state index in [9.17, 15) is 19.8 Å². The van der Waals surface area contributed by atoms with Gasteiger partial charge in [-0.2, -0.15) is 0 Å². The van der Waals surface area contributed by atoms with Crippen LogP contribution in [0.15, 0.2) is 35.2 Å². The maximum Gasteiger partial charge on any atom is 0.198 e. The highest BCUT2D eigenvalue weighted by molar-refractivity contribution is 7.99. The quantitative estimate of drug-likeness (QED) is 0.382. The van der Waals surface area contributed by atoms with E-state index >= 15 is 0 Å². The van der Waals surface area contributed by atoms with Crippen molar-refractivity contribution in [1.29, 1.82) is 0 Å². The molecule has 0 saturated carbocycles. The smallest absolute Gasteiger partial charge is 0.198 e. The van der Waals surface area contributed by atoms with Crippen LogP contribution in [0.25, 0.3) is 0 Å². The van der Waals surface area contributed by atoms with E-state index in [1.807, 2.05) is 6.92 Å². The fourth-order valence-electron chi connectivity index (χ4n) is 2.70. The van der Waals surface area contributed by atoms with E-state index in [0.29, 0.717) is 17.1 Å². The number of aliphatic hydroxyl groups excluding tert-OH is 1. The molecule has 0 radical (unpaired) electrons. The van der Waals surface area contributed by atoms with Crippen molar-refractivity contribution < 1.29 is 19.8 Å². The molecule has 0 spiro atoms. The van der Waals surface area contributed by atoms with Gasteiger partial charge in [-0.15, -0.1) is 11.8 Å². The van der Waals surface area contributed by atoms with Gasteiger partial charge in [-0.25, -0.2) is 0 Å². The Morgan fingerprint density at radius 2 is 1.71 bits per heavy atom. The highest BCUT2D eigenvalue weighted by Gasteiger charge is 2.34. The number of carbonyl (C=O) groups excluding carboxylic acids is 2. The molecule has 0 aromatic heterocycles. The molecule has 24 heavy (non-hydrogen) atoms. The molecular weight excluding hydrogens is 326 g/mol. The average Bonchev–Trinajstić information content (AvgIpc) is 2.59. The predicted molar refractivity (Wildman–Crippen MR) is 92.8 cm³/mol. The van der Waals surface area contributed by atoms with Crippen LogP contribution in [0, 0.1) is 0 Å². The van der Waals surface area contributed by atoms with Gasteiger partial charge in [-0.1, -0.05) is 31.2 Å². The molecular formula is C18H17NO4S. The van der Waals surface area contributed by atoms with Crippen molar-refractivity contribution in [2.24, 2.45) is 0 Å². The van der Waals surface area contributed by atoms with E-state index in [0.717, 1.165) is 0 Å². The first kappa shape index (κ1) is 16.5. The lowest BCUT2D eigenvalue weighted by atomic mass is 9.83. The molecule has 0 fully saturated rings. The van der Waals surface area contributed by atoms with Gasteiger partial charge >= 0.3 is 0 Å². The highest BCUT2D eigenvalue weighted by atomic mass is 32.2. The molecule has 2 aromatic rings. The molecule has 1 unspecified atom stereocenters. The third-order valence-electron chi connectivity index (χ3n) is 4.08. The number of nitrogens with two attached hydrogens (primary N) is 1. The number of fused-ring (bicyclic) bond motifs is 2. The molecule has 124 valence electrons. The normalized spacial score (nSPS) is 14.2. The number of phenolic OH excluding ortho intramolecular Hbond substituents is 1. The molecule has 4 N–H and O–H groups in total. The Hall–Kier alpha value is -2.31. The van der Waals surface area contributed by atoms with Crippen LogP contribution >= 0.6 is 11.8 Å². The van der Waals surface area contributed by atoms with E-state index in [1.54, 1.807) is 24.3 Å². The molecule has 0 heterocycles. The number of aromatic hydroxyl groups is 1. The average molecular weight is 343 g/mol. The molecule has 5 nitrogen and oxygen atoms in total. The molecule has 0 aliphatic heterocycles. The van der Waals surface area contributed by atoms with Crippen molar-refractivity contribution in [1.82, 2.24) is 0 Å². The van der Waals surface area contributed by atoms with E-state index in [4.69, 9.17) is 5.73 Å². The van der Waals surface area contributed by atoms with Gasteiger partial charge in [0.15, 0.2) is 11.6 Å². The molecule has 1 atom stereocenters. The van der Waals surface area contributed by atoms with Gasteiger partial charge in [0.05, 0.1) is 22.9 Å². The first-order chi connectivity index (χ1) is 11.5. The molecule has 0 amide bonds. The number of hydrogen-bond donors (Lipinski definition) is 3. The first-order valence-electron chi connectivity index (χ1n) is 7.60. The van der Waals surface area contributed by atoms with Crippen LogP contribution in [0.4, 0.5) is 5.69 Å². The molecule has 1 aliphatic rings. The lowest BCUT2D eigenvalue weighted by molar-refractivity contribution is 0.0977. The molecule has 0 saturated heterocycles. The second-order valence-corrected chi connectivity index (χ2v) is 6.70.